The van der Waals surface area contributed by atoms with Gasteiger partial charge < -0.3 is 15.0 Å². The molecule has 0 aliphatic heterocycles. The Morgan fingerprint density at radius 1 is 1.30 bits per heavy atom. The Kier molecular flexibility index (Phi) is 4.98. The van der Waals surface area contributed by atoms with Crippen LogP contribution in [0, 0.1) is 5.92 Å². The Morgan fingerprint density at radius 3 is 2.75 bits per heavy atom. The number of hydrogen-bond donors (Lipinski definition) is 1. The molecule has 114 valence electrons. The van der Waals surface area contributed by atoms with Gasteiger partial charge in [0.2, 0.25) is 5.89 Å². The van der Waals surface area contributed by atoms with Crippen LogP contribution < -0.4 is 5.73 Å². The molecule has 0 saturated heterocycles. The second-order valence-corrected chi connectivity index (χ2v) is 5.12. The Hall–Kier alpha value is -1.15. The highest BCUT2D eigenvalue weighted by Crippen LogP contribution is 2.25. The summed E-state index contributed by atoms with van der Waals surface area (Å²) in [6, 6.07) is 0.126. The van der Waals surface area contributed by atoms with Gasteiger partial charge in [0.25, 0.3) is 0 Å². The summed E-state index contributed by atoms with van der Waals surface area (Å²) in [5, 5.41) is 3.61. The Bertz CT molecular complexity index is 422. The predicted octanol–water partition coefficient (Wildman–Crippen LogP) is 2.21. The highest BCUT2D eigenvalue weighted by Gasteiger charge is 2.28. The van der Waals surface area contributed by atoms with Crippen molar-refractivity contribution in [2.24, 2.45) is 11.7 Å². The molecule has 2 unspecified atom stereocenters. The van der Waals surface area contributed by atoms with E-state index in [-0.39, 0.29) is 18.5 Å². The van der Waals surface area contributed by atoms with E-state index in [4.69, 9.17) is 10.3 Å². The van der Waals surface area contributed by atoms with Crippen molar-refractivity contribution < 1.29 is 22.4 Å². The minimum absolute atomic E-state index is 0.126. The summed E-state index contributed by atoms with van der Waals surface area (Å²) in [6.45, 7) is -1.62. The maximum Gasteiger partial charge on any atom is 0.411 e. The Balaban J connectivity index is 1.79. The van der Waals surface area contributed by atoms with Crippen LogP contribution >= 0.6 is 0 Å². The fourth-order valence-corrected chi connectivity index (χ4v) is 2.40. The average Bonchev–Trinajstić information content (AvgIpc) is 2.78. The summed E-state index contributed by atoms with van der Waals surface area (Å²) < 4.78 is 45.2. The van der Waals surface area contributed by atoms with Crippen LogP contribution in [0.25, 0.3) is 0 Å². The molecule has 0 aromatic carbocycles. The number of halogens is 3. The molecule has 1 heterocycles. The number of alkyl halides is 3. The van der Waals surface area contributed by atoms with Crippen molar-refractivity contribution in [3.8, 4) is 0 Å². The van der Waals surface area contributed by atoms with E-state index in [9.17, 15) is 13.2 Å². The lowest BCUT2D eigenvalue weighted by molar-refractivity contribution is -0.177. The molecule has 2 N–H and O–H groups in total. The summed E-state index contributed by atoms with van der Waals surface area (Å²) in [7, 11) is 0. The van der Waals surface area contributed by atoms with Crippen molar-refractivity contribution in [3.63, 3.8) is 0 Å². The lowest BCUT2D eigenvalue weighted by atomic mass is 9.83. The van der Waals surface area contributed by atoms with Crippen LogP contribution in [0.2, 0.25) is 0 Å². The lowest BCUT2D eigenvalue weighted by Gasteiger charge is -2.27. The summed E-state index contributed by atoms with van der Waals surface area (Å²) in [4.78, 5) is 4.03. The average molecular weight is 293 g/mol. The zero-order valence-corrected chi connectivity index (χ0v) is 11.0. The number of nitrogens with zero attached hydrogens (tertiary/aromatic N) is 2. The number of aromatic nitrogens is 2. The normalized spacial score (nSPS) is 24.0. The van der Waals surface area contributed by atoms with E-state index in [0.29, 0.717) is 18.2 Å². The van der Waals surface area contributed by atoms with Gasteiger partial charge in [0.05, 0.1) is 0 Å². The highest BCUT2D eigenvalue weighted by molar-refractivity contribution is 4.90. The van der Waals surface area contributed by atoms with Gasteiger partial charge in [-0.3, -0.25) is 0 Å². The third-order valence-corrected chi connectivity index (χ3v) is 3.41. The zero-order chi connectivity index (χ0) is 14.6. The van der Waals surface area contributed by atoms with E-state index in [1.165, 1.54) is 0 Å². The van der Waals surface area contributed by atoms with E-state index in [1.807, 2.05) is 0 Å². The molecule has 1 saturated carbocycles. The molecule has 1 aromatic rings. The Morgan fingerprint density at radius 2 is 2.05 bits per heavy atom. The van der Waals surface area contributed by atoms with Crippen LogP contribution in [0.15, 0.2) is 4.52 Å². The summed E-state index contributed by atoms with van der Waals surface area (Å²) >= 11 is 0. The molecule has 5 nitrogen and oxygen atoms in total. The first-order valence-electron chi connectivity index (χ1n) is 6.65. The SMILES string of the molecule is NC1CCCCC1Cc1nc(COCC(F)(F)F)no1. The minimum atomic E-state index is -4.35. The summed E-state index contributed by atoms with van der Waals surface area (Å²) in [5.74, 6) is 0.847. The quantitative estimate of drug-likeness (QED) is 0.901. The standard InChI is InChI=1S/C12H18F3N3O2/c13-12(14,15)7-19-6-10-17-11(20-18-10)5-8-3-1-2-4-9(8)16/h8-9H,1-7,16H2. The number of nitrogens with two attached hydrogens (primary N) is 1. The van der Waals surface area contributed by atoms with Gasteiger partial charge in [-0.1, -0.05) is 18.0 Å². The van der Waals surface area contributed by atoms with Crippen molar-refractivity contribution >= 4 is 0 Å². The van der Waals surface area contributed by atoms with Crippen LogP contribution in [0.1, 0.15) is 37.4 Å². The van der Waals surface area contributed by atoms with E-state index >= 15 is 0 Å². The molecule has 0 amide bonds. The van der Waals surface area contributed by atoms with Gasteiger partial charge in [-0.25, -0.2) is 0 Å². The molecule has 1 aliphatic carbocycles. The summed E-state index contributed by atoms with van der Waals surface area (Å²) in [6.07, 6.45) is 0.505. The molecule has 20 heavy (non-hydrogen) atoms. The number of ether oxygens (including phenoxy) is 1. The fraction of sp³-hybridized carbons (Fsp3) is 0.833. The highest BCUT2D eigenvalue weighted by atomic mass is 19.4. The third kappa shape index (κ3) is 4.75. The van der Waals surface area contributed by atoms with Gasteiger partial charge in [-0.05, 0) is 18.8 Å². The second-order valence-electron chi connectivity index (χ2n) is 5.12. The van der Waals surface area contributed by atoms with Gasteiger partial charge in [-0.2, -0.15) is 18.2 Å². The van der Waals surface area contributed by atoms with E-state index < -0.39 is 12.8 Å². The van der Waals surface area contributed by atoms with Gasteiger partial charge >= 0.3 is 6.18 Å². The number of rotatable bonds is 5. The topological polar surface area (TPSA) is 74.2 Å². The fourth-order valence-electron chi connectivity index (χ4n) is 2.40. The molecule has 8 heteroatoms. The van der Waals surface area contributed by atoms with E-state index in [2.05, 4.69) is 14.9 Å². The first-order valence-corrected chi connectivity index (χ1v) is 6.65. The summed E-state index contributed by atoms with van der Waals surface area (Å²) in [5.41, 5.74) is 6.02. The van der Waals surface area contributed by atoms with Crippen LogP contribution in [0.4, 0.5) is 13.2 Å². The van der Waals surface area contributed by atoms with Crippen molar-refractivity contribution in [2.75, 3.05) is 6.61 Å². The smallest absolute Gasteiger partial charge is 0.364 e. The molecule has 1 fully saturated rings. The van der Waals surface area contributed by atoms with Gasteiger partial charge in [0.15, 0.2) is 5.82 Å². The molecule has 1 aromatic heterocycles. The molecular weight excluding hydrogens is 275 g/mol. The van der Waals surface area contributed by atoms with Crippen molar-refractivity contribution in [3.05, 3.63) is 11.7 Å². The molecule has 2 rings (SSSR count). The molecule has 0 radical (unpaired) electrons. The predicted molar refractivity (Wildman–Crippen MR) is 63.6 cm³/mol. The molecule has 0 bridgehead atoms. The first-order chi connectivity index (χ1) is 9.44. The second kappa shape index (κ2) is 6.53. The molecule has 2 atom stereocenters. The van der Waals surface area contributed by atoms with Crippen molar-refractivity contribution in [2.45, 2.75) is 50.9 Å². The van der Waals surface area contributed by atoms with Gasteiger partial charge in [-0.15, -0.1) is 0 Å². The van der Waals surface area contributed by atoms with E-state index in [0.717, 1.165) is 25.7 Å². The van der Waals surface area contributed by atoms with E-state index in [1.54, 1.807) is 0 Å². The first kappa shape index (κ1) is 15.2. The Labute approximate surface area is 114 Å². The third-order valence-electron chi connectivity index (χ3n) is 3.41. The van der Waals surface area contributed by atoms with Crippen LogP contribution in [-0.2, 0) is 17.8 Å². The van der Waals surface area contributed by atoms with Crippen molar-refractivity contribution in [1.29, 1.82) is 0 Å². The van der Waals surface area contributed by atoms with Gasteiger partial charge in [0.1, 0.15) is 13.2 Å². The van der Waals surface area contributed by atoms with Crippen LogP contribution in [0.5, 0.6) is 0 Å². The number of hydrogen-bond acceptors (Lipinski definition) is 5. The largest absolute Gasteiger partial charge is 0.411 e. The van der Waals surface area contributed by atoms with Gasteiger partial charge in [0, 0.05) is 12.5 Å². The molecule has 0 spiro atoms. The van der Waals surface area contributed by atoms with Crippen LogP contribution in [0.3, 0.4) is 0 Å². The lowest BCUT2D eigenvalue weighted by Crippen LogP contribution is -2.34. The molecule has 1 aliphatic rings. The maximum absolute atomic E-state index is 11.9. The maximum atomic E-state index is 11.9. The van der Waals surface area contributed by atoms with Crippen molar-refractivity contribution in [1.82, 2.24) is 10.1 Å². The monoisotopic (exact) mass is 293 g/mol. The van der Waals surface area contributed by atoms with Crippen LogP contribution in [-0.4, -0.2) is 29.0 Å². The minimum Gasteiger partial charge on any atom is -0.364 e. The molecular formula is C12H18F3N3O2. The zero-order valence-electron chi connectivity index (χ0n) is 11.0.